The van der Waals surface area contributed by atoms with Crippen molar-refractivity contribution in [1.82, 2.24) is 10.3 Å². The standard InChI is InChI=1S/C26H29F3N4O3S/c1-2-37(35,36)33-20-10-6-8-18(14-20)25(34)31-19-9-5-7-17(13-19)16-30-23-15-24(26(27,28)29)32-22-12-4-3-11-21(22)23/h3-4,6,8,10-12,14-15,17,19,33H,2,5,7,9,13,16H2,1H3,(H,30,32)(H,31,34). The van der Waals surface area contributed by atoms with Crippen LogP contribution in [0.5, 0.6) is 0 Å². The average molecular weight is 535 g/mol. The molecule has 2 unspecified atom stereocenters. The summed E-state index contributed by atoms with van der Waals surface area (Å²) in [6, 6.07) is 14.0. The van der Waals surface area contributed by atoms with Crippen LogP contribution < -0.4 is 15.4 Å². The lowest BCUT2D eigenvalue weighted by atomic mass is 9.85. The van der Waals surface area contributed by atoms with Crippen molar-refractivity contribution in [2.24, 2.45) is 5.92 Å². The van der Waals surface area contributed by atoms with Gasteiger partial charge in [-0.15, -0.1) is 0 Å². The van der Waals surface area contributed by atoms with E-state index >= 15 is 0 Å². The lowest BCUT2D eigenvalue weighted by Crippen LogP contribution is -2.39. The number of carbonyl (C=O) groups is 1. The third-order valence-corrected chi connectivity index (χ3v) is 7.79. The molecule has 11 heteroatoms. The molecule has 1 aromatic heterocycles. The number of nitrogens with zero attached hydrogens (tertiary/aromatic N) is 1. The molecule has 0 saturated heterocycles. The maximum Gasteiger partial charge on any atom is 0.433 e. The van der Waals surface area contributed by atoms with Gasteiger partial charge in [-0.1, -0.05) is 30.7 Å². The largest absolute Gasteiger partial charge is 0.433 e. The Morgan fingerprint density at radius 3 is 2.62 bits per heavy atom. The van der Waals surface area contributed by atoms with E-state index in [1.54, 1.807) is 42.5 Å². The van der Waals surface area contributed by atoms with Crippen LogP contribution in [0.3, 0.4) is 0 Å². The summed E-state index contributed by atoms with van der Waals surface area (Å²) >= 11 is 0. The second-order valence-corrected chi connectivity index (χ2v) is 11.3. The summed E-state index contributed by atoms with van der Waals surface area (Å²) in [5.41, 5.74) is 0.390. The number of aromatic nitrogens is 1. The molecule has 2 atom stereocenters. The van der Waals surface area contributed by atoms with Crippen molar-refractivity contribution in [3.05, 3.63) is 65.9 Å². The number of pyridine rings is 1. The molecule has 3 aromatic rings. The van der Waals surface area contributed by atoms with Crippen molar-refractivity contribution in [2.75, 3.05) is 22.3 Å². The van der Waals surface area contributed by atoms with Gasteiger partial charge in [-0.25, -0.2) is 13.4 Å². The van der Waals surface area contributed by atoms with Crippen molar-refractivity contribution in [3.63, 3.8) is 0 Å². The number of alkyl halides is 3. The van der Waals surface area contributed by atoms with Crippen LogP contribution in [0.2, 0.25) is 0 Å². The zero-order valence-corrected chi connectivity index (χ0v) is 21.1. The Morgan fingerprint density at radius 1 is 1.08 bits per heavy atom. The van der Waals surface area contributed by atoms with E-state index < -0.39 is 21.9 Å². The van der Waals surface area contributed by atoms with E-state index in [1.165, 1.54) is 13.0 Å². The monoisotopic (exact) mass is 534 g/mol. The molecule has 4 rings (SSSR count). The van der Waals surface area contributed by atoms with Gasteiger partial charge in [0.05, 0.1) is 11.3 Å². The topological polar surface area (TPSA) is 100 Å². The van der Waals surface area contributed by atoms with Crippen molar-refractivity contribution < 1.29 is 26.4 Å². The molecule has 1 fully saturated rings. The highest BCUT2D eigenvalue weighted by atomic mass is 32.2. The van der Waals surface area contributed by atoms with E-state index in [4.69, 9.17) is 0 Å². The molecule has 2 aromatic carbocycles. The molecule has 3 N–H and O–H groups in total. The first-order valence-corrected chi connectivity index (χ1v) is 13.8. The molecule has 0 bridgehead atoms. The van der Waals surface area contributed by atoms with E-state index in [2.05, 4.69) is 20.3 Å². The summed E-state index contributed by atoms with van der Waals surface area (Å²) in [6.45, 7) is 1.99. The summed E-state index contributed by atoms with van der Waals surface area (Å²) in [7, 11) is -3.46. The summed E-state index contributed by atoms with van der Waals surface area (Å²) in [5.74, 6) is -0.220. The van der Waals surface area contributed by atoms with Gasteiger partial charge < -0.3 is 10.6 Å². The first-order chi connectivity index (χ1) is 17.5. The molecule has 37 heavy (non-hydrogen) atoms. The van der Waals surface area contributed by atoms with Crippen molar-refractivity contribution >= 4 is 38.2 Å². The van der Waals surface area contributed by atoms with Crippen LogP contribution in [0.25, 0.3) is 10.9 Å². The predicted octanol–water partition coefficient (Wildman–Crippen LogP) is 5.42. The van der Waals surface area contributed by atoms with E-state index in [0.717, 1.165) is 25.3 Å². The highest BCUT2D eigenvalue weighted by molar-refractivity contribution is 7.92. The normalized spacial score (nSPS) is 18.4. The number of hydrogen-bond donors (Lipinski definition) is 3. The molecule has 0 spiro atoms. The van der Waals surface area contributed by atoms with E-state index in [-0.39, 0.29) is 29.1 Å². The SMILES string of the molecule is CCS(=O)(=O)Nc1cccc(C(=O)NC2CCCC(CNc3cc(C(F)(F)F)nc4ccccc34)C2)c1. The Balaban J connectivity index is 1.40. The predicted molar refractivity (Wildman–Crippen MR) is 138 cm³/mol. The van der Waals surface area contributed by atoms with Gasteiger partial charge in [-0.2, -0.15) is 13.2 Å². The average Bonchev–Trinajstić information content (AvgIpc) is 2.86. The maximum atomic E-state index is 13.4. The van der Waals surface area contributed by atoms with Crippen LogP contribution in [0.1, 0.15) is 48.7 Å². The minimum atomic E-state index is -4.55. The molecule has 1 saturated carbocycles. The molecule has 1 heterocycles. The number of carbonyl (C=O) groups excluding carboxylic acids is 1. The first-order valence-electron chi connectivity index (χ1n) is 12.2. The number of anilines is 2. The number of para-hydroxylation sites is 1. The molecule has 1 aliphatic rings. The lowest BCUT2D eigenvalue weighted by Gasteiger charge is -2.30. The fourth-order valence-electron chi connectivity index (χ4n) is 4.57. The zero-order valence-electron chi connectivity index (χ0n) is 20.3. The minimum absolute atomic E-state index is 0.0757. The Morgan fingerprint density at radius 2 is 1.86 bits per heavy atom. The Kier molecular flexibility index (Phi) is 7.91. The van der Waals surface area contributed by atoms with Gasteiger partial charge in [-0.3, -0.25) is 9.52 Å². The van der Waals surface area contributed by atoms with Crippen LogP contribution in [-0.4, -0.2) is 37.6 Å². The quantitative estimate of drug-likeness (QED) is 0.359. The number of benzene rings is 2. The van der Waals surface area contributed by atoms with Crippen LogP contribution in [0.15, 0.2) is 54.6 Å². The van der Waals surface area contributed by atoms with Gasteiger partial charge in [0, 0.05) is 34.9 Å². The maximum absolute atomic E-state index is 13.4. The smallest absolute Gasteiger partial charge is 0.384 e. The van der Waals surface area contributed by atoms with E-state index in [1.807, 2.05) is 0 Å². The molecular formula is C26H29F3N4O3S. The second kappa shape index (κ2) is 11.0. The molecule has 1 amide bonds. The molecular weight excluding hydrogens is 505 g/mol. The van der Waals surface area contributed by atoms with Gasteiger partial charge in [0.25, 0.3) is 5.91 Å². The van der Waals surface area contributed by atoms with Gasteiger partial charge in [0.2, 0.25) is 10.0 Å². The number of amides is 1. The molecule has 1 aliphatic carbocycles. The summed E-state index contributed by atoms with van der Waals surface area (Å²) in [6.07, 6.45) is -1.31. The van der Waals surface area contributed by atoms with Gasteiger partial charge in [-0.05, 0) is 62.4 Å². The number of halogens is 3. The minimum Gasteiger partial charge on any atom is -0.384 e. The van der Waals surface area contributed by atoms with Crippen LogP contribution in [0.4, 0.5) is 24.5 Å². The number of nitrogens with one attached hydrogen (secondary N) is 3. The molecule has 198 valence electrons. The number of sulfonamides is 1. The number of rotatable bonds is 8. The van der Waals surface area contributed by atoms with Gasteiger partial charge >= 0.3 is 6.18 Å². The number of fused-ring (bicyclic) bond motifs is 1. The van der Waals surface area contributed by atoms with Crippen LogP contribution in [0, 0.1) is 5.92 Å². The Bertz CT molecular complexity index is 1380. The highest BCUT2D eigenvalue weighted by Gasteiger charge is 2.33. The van der Waals surface area contributed by atoms with Gasteiger partial charge in [0.15, 0.2) is 0 Å². The highest BCUT2D eigenvalue weighted by Crippen LogP contribution is 2.34. The molecule has 0 radical (unpaired) electrons. The number of hydrogen-bond acceptors (Lipinski definition) is 5. The lowest BCUT2D eigenvalue weighted by molar-refractivity contribution is -0.140. The third kappa shape index (κ3) is 6.91. The fraction of sp³-hybridized carbons (Fsp3) is 0.385. The first kappa shape index (κ1) is 26.7. The van der Waals surface area contributed by atoms with Crippen molar-refractivity contribution in [3.8, 4) is 0 Å². The van der Waals surface area contributed by atoms with Crippen LogP contribution in [-0.2, 0) is 16.2 Å². The summed E-state index contributed by atoms with van der Waals surface area (Å²) < 4.78 is 66.2. The van der Waals surface area contributed by atoms with Crippen molar-refractivity contribution in [1.29, 1.82) is 0 Å². The Labute approximate surface area is 213 Å². The fourth-order valence-corrected chi connectivity index (χ4v) is 5.20. The molecule has 7 nitrogen and oxygen atoms in total. The zero-order chi connectivity index (χ0) is 26.6. The van der Waals surface area contributed by atoms with E-state index in [0.29, 0.717) is 35.3 Å². The van der Waals surface area contributed by atoms with Gasteiger partial charge in [0.1, 0.15) is 5.69 Å². The summed E-state index contributed by atoms with van der Waals surface area (Å²) in [4.78, 5) is 16.6. The Hall–Kier alpha value is -3.34. The van der Waals surface area contributed by atoms with E-state index in [9.17, 15) is 26.4 Å². The van der Waals surface area contributed by atoms with Crippen molar-refractivity contribution in [2.45, 2.75) is 44.8 Å². The second-order valence-electron chi connectivity index (χ2n) is 9.24. The molecule has 0 aliphatic heterocycles. The summed E-state index contributed by atoms with van der Waals surface area (Å²) in [5, 5.41) is 6.84. The van der Waals surface area contributed by atoms with Crippen LogP contribution >= 0.6 is 0 Å². The third-order valence-electron chi connectivity index (χ3n) is 6.48.